The van der Waals surface area contributed by atoms with Gasteiger partial charge in [-0.3, -0.25) is 14.9 Å². The minimum absolute atomic E-state index is 0.0398. The van der Waals surface area contributed by atoms with Crippen molar-refractivity contribution in [2.75, 3.05) is 18.4 Å². The monoisotopic (exact) mass is 486 g/mol. The van der Waals surface area contributed by atoms with Crippen molar-refractivity contribution in [1.82, 2.24) is 24.4 Å². The molecule has 4 aromatic rings. The third-order valence-corrected chi connectivity index (χ3v) is 7.36. The van der Waals surface area contributed by atoms with Crippen LogP contribution in [0.15, 0.2) is 61.4 Å². The predicted molar refractivity (Wildman–Crippen MR) is 137 cm³/mol. The highest BCUT2D eigenvalue weighted by Crippen LogP contribution is 2.32. The maximum absolute atomic E-state index is 13.2. The van der Waals surface area contributed by atoms with Crippen LogP contribution in [0, 0.1) is 6.92 Å². The molecule has 1 fully saturated rings. The zero-order chi connectivity index (χ0) is 24.4. The lowest BCUT2D eigenvalue weighted by Crippen LogP contribution is -2.30. The average Bonchev–Trinajstić information content (AvgIpc) is 3.42. The van der Waals surface area contributed by atoms with E-state index < -0.39 is 0 Å². The first-order valence-corrected chi connectivity index (χ1v) is 12.4. The van der Waals surface area contributed by atoms with E-state index in [2.05, 4.69) is 26.4 Å². The lowest BCUT2D eigenvalue weighted by atomic mass is 10.1. The normalized spacial score (nSPS) is 16.1. The van der Waals surface area contributed by atoms with Gasteiger partial charge in [0.2, 0.25) is 11.9 Å². The van der Waals surface area contributed by atoms with Crippen LogP contribution in [-0.2, 0) is 4.79 Å². The van der Waals surface area contributed by atoms with Gasteiger partial charge in [0.15, 0.2) is 0 Å². The maximum atomic E-state index is 13.2. The van der Waals surface area contributed by atoms with Gasteiger partial charge in [-0.25, -0.2) is 15.0 Å². The van der Waals surface area contributed by atoms with Gasteiger partial charge in [-0.1, -0.05) is 18.7 Å². The summed E-state index contributed by atoms with van der Waals surface area (Å²) in [5.74, 6) is 0.278. The number of rotatable bonds is 5. The molecule has 3 aromatic heterocycles. The number of nitrogens with one attached hydrogen (secondary N) is 1. The van der Waals surface area contributed by atoms with Crippen LogP contribution in [0.2, 0.25) is 0 Å². The second-order valence-electron chi connectivity index (χ2n) is 8.57. The number of nitrogens with zero attached hydrogens (tertiary/aromatic N) is 5. The predicted octanol–water partition coefficient (Wildman–Crippen LogP) is 4.86. The van der Waals surface area contributed by atoms with Crippen molar-refractivity contribution >= 4 is 40.1 Å². The Bertz CT molecular complexity index is 1410. The van der Waals surface area contributed by atoms with Crippen LogP contribution in [0.4, 0.5) is 5.95 Å². The summed E-state index contributed by atoms with van der Waals surface area (Å²) in [6.07, 6.45) is 5.44. The molecule has 35 heavy (non-hydrogen) atoms. The second kappa shape index (κ2) is 9.79. The standard InChI is InChI=1S/C26H26N6O2S/c1-3-24(33)31-13-6-7-18(12-14-31)32-21-9-5-4-8-19(21)29-26(32)30-25(34)23-11-10-22(35-23)20-15-17(2)27-16-28-20/h3-5,8-11,15-16,18H,1,6-7,12-14H2,2H3,(H,29,30,34)/t18-/m1/s1. The van der Waals surface area contributed by atoms with Crippen LogP contribution in [0.25, 0.3) is 21.6 Å². The number of carbonyl (C=O) groups is 2. The van der Waals surface area contributed by atoms with Crippen LogP contribution in [-0.4, -0.2) is 49.3 Å². The van der Waals surface area contributed by atoms with Crippen molar-refractivity contribution in [3.05, 3.63) is 72.0 Å². The summed E-state index contributed by atoms with van der Waals surface area (Å²) >= 11 is 1.39. The van der Waals surface area contributed by atoms with Gasteiger partial charge in [-0.15, -0.1) is 11.3 Å². The smallest absolute Gasteiger partial charge is 0.268 e. The highest BCUT2D eigenvalue weighted by Gasteiger charge is 2.25. The van der Waals surface area contributed by atoms with Crippen molar-refractivity contribution in [2.24, 2.45) is 0 Å². The summed E-state index contributed by atoms with van der Waals surface area (Å²) < 4.78 is 2.12. The number of fused-ring (bicyclic) bond motifs is 1. The van der Waals surface area contributed by atoms with E-state index in [0.29, 0.717) is 23.9 Å². The fourth-order valence-electron chi connectivity index (χ4n) is 4.54. The maximum Gasteiger partial charge on any atom is 0.268 e. The Kier molecular flexibility index (Phi) is 6.41. The number of carbonyl (C=O) groups excluding carboxylic acids is 2. The van der Waals surface area contributed by atoms with Gasteiger partial charge in [-0.05, 0) is 62.6 Å². The molecule has 0 spiro atoms. The molecule has 0 unspecified atom stereocenters. The highest BCUT2D eigenvalue weighted by atomic mass is 32.1. The molecule has 4 heterocycles. The summed E-state index contributed by atoms with van der Waals surface area (Å²) in [4.78, 5) is 41.9. The molecule has 1 aliphatic rings. The molecule has 8 nitrogen and oxygen atoms in total. The number of aryl methyl sites for hydroxylation is 1. The Hall–Kier alpha value is -3.85. The van der Waals surface area contributed by atoms with Gasteiger partial charge >= 0.3 is 0 Å². The number of thiophene rings is 1. The zero-order valence-corrected chi connectivity index (χ0v) is 20.3. The van der Waals surface area contributed by atoms with Crippen molar-refractivity contribution < 1.29 is 9.59 Å². The Morgan fingerprint density at radius 3 is 2.83 bits per heavy atom. The molecule has 1 aliphatic heterocycles. The molecule has 5 rings (SSSR count). The van der Waals surface area contributed by atoms with Crippen LogP contribution in [0.3, 0.4) is 0 Å². The molecule has 0 bridgehead atoms. The first kappa shape index (κ1) is 22.9. The van der Waals surface area contributed by atoms with Crippen molar-refractivity contribution in [3.8, 4) is 10.6 Å². The first-order valence-electron chi connectivity index (χ1n) is 11.6. The van der Waals surface area contributed by atoms with Crippen LogP contribution in [0.5, 0.6) is 0 Å². The lowest BCUT2D eigenvalue weighted by molar-refractivity contribution is -0.125. The van der Waals surface area contributed by atoms with E-state index in [1.807, 2.05) is 54.3 Å². The Labute approximate surface area is 207 Å². The molecular formula is C26H26N6O2S. The van der Waals surface area contributed by atoms with E-state index >= 15 is 0 Å². The highest BCUT2D eigenvalue weighted by molar-refractivity contribution is 7.17. The molecule has 1 aromatic carbocycles. The minimum atomic E-state index is -0.208. The van der Waals surface area contributed by atoms with Gasteiger partial charge in [0, 0.05) is 24.8 Å². The summed E-state index contributed by atoms with van der Waals surface area (Å²) in [6, 6.07) is 13.6. The fraction of sp³-hybridized carbons (Fsp3) is 0.269. The largest absolute Gasteiger partial charge is 0.339 e. The molecule has 9 heteroatoms. The van der Waals surface area contributed by atoms with Crippen LogP contribution < -0.4 is 5.32 Å². The van der Waals surface area contributed by atoms with Gasteiger partial charge in [0.05, 0.1) is 26.5 Å². The molecule has 1 saturated heterocycles. The summed E-state index contributed by atoms with van der Waals surface area (Å²) in [6.45, 7) is 6.88. The number of hydrogen-bond donors (Lipinski definition) is 1. The Morgan fingerprint density at radius 1 is 1.14 bits per heavy atom. The van der Waals surface area contributed by atoms with Crippen molar-refractivity contribution in [1.29, 1.82) is 0 Å². The number of hydrogen-bond acceptors (Lipinski definition) is 6. The van der Waals surface area contributed by atoms with Gasteiger partial charge in [-0.2, -0.15) is 0 Å². The first-order chi connectivity index (χ1) is 17.0. The lowest BCUT2D eigenvalue weighted by Gasteiger charge is -2.21. The summed E-state index contributed by atoms with van der Waals surface area (Å²) in [5.41, 5.74) is 3.47. The quantitative estimate of drug-likeness (QED) is 0.407. The third-order valence-electron chi connectivity index (χ3n) is 6.26. The number of amides is 2. The number of benzene rings is 1. The molecule has 0 aliphatic carbocycles. The summed E-state index contributed by atoms with van der Waals surface area (Å²) in [7, 11) is 0. The molecular weight excluding hydrogens is 460 g/mol. The number of aromatic nitrogens is 4. The SMILES string of the molecule is C=CC(=O)N1CCC[C@@H](n2c(NC(=O)c3ccc(-c4cc(C)ncn4)s3)nc3ccccc32)CC1. The van der Waals surface area contributed by atoms with E-state index in [-0.39, 0.29) is 17.9 Å². The van der Waals surface area contributed by atoms with Crippen LogP contribution >= 0.6 is 11.3 Å². The van der Waals surface area contributed by atoms with E-state index in [0.717, 1.165) is 46.6 Å². The minimum Gasteiger partial charge on any atom is -0.339 e. The van der Waals surface area contributed by atoms with Gasteiger partial charge in [0.1, 0.15) is 6.33 Å². The van der Waals surface area contributed by atoms with E-state index in [9.17, 15) is 9.59 Å². The topological polar surface area (TPSA) is 93.0 Å². The van der Waals surface area contributed by atoms with E-state index in [1.54, 1.807) is 0 Å². The number of anilines is 1. The molecule has 2 amide bonds. The number of imidazole rings is 1. The van der Waals surface area contributed by atoms with Gasteiger partial charge in [0.25, 0.3) is 5.91 Å². The number of para-hydroxylation sites is 2. The second-order valence-corrected chi connectivity index (χ2v) is 9.65. The molecule has 1 N–H and O–H groups in total. The van der Waals surface area contributed by atoms with Crippen molar-refractivity contribution in [2.45, 2.75) is 32.2 Å². The third kappa shape index (κ3) is 4.72. The Morgan fingerprint density at radius 2 is 2.00 bits per heavy atom. The van der Waals surface area contributed by atoms with Gasteiger partial charge < -0.3 is 9.47 Å². The molecule has 178 valence electrons. The molecule has 0 radical (unpaired) electrons. The van der Waals surface area contributed by atoms with Crippen LogP contribution in [0.1, 0.15) is 40.7 Å². The number of likely N-dealkylation sites (tertiary alicyclic amines) is 1. The molecule has 0 saturated carbocycles. The Balaban J connectivity index is 1.42. The fourth-order valence-corrected chi connectivity index (χ4v) is 5.41. The molecule has 1 atom stereocenters. The summed E-state index contributed by atoms with van der Waals surface area (Å²) in [5, 5.41) is 3.05. The zero-order valence-electron chi connectivity index (χ0n) is 19.5. The van der Waals surface area contributed by atoms with Crippen molar-refractivity contribution in [3.63, 3.8) is 0 Å². The van der Waals surface area contributed by atoms with E-state index in [4.69, 9.17) is 4.98 Å². The van der Waals surface area contributed by atoms with E-state index in [1.165, 1.54) is 23.7 Å². The average molecular weight is 487 g/mol.